The van der Waals surface area contributed by atoms with E-state index in [-0.39, 0.29) is 12.5 Å². The van der Waals surface area contributed by atoms with Crippen molar-refractivity contribution in [3.05, 3.63) is 54.1 Å². The van der Waals surface area contributed by atoms with E-state index in [0.29, 0.717) is 19.5 Å². The van der Waals surface area contributed by atoms with Crippen molar-refractivity contribution in [3.8, 4) is 16.9 Å². The number of carbonyl (C=O) groups is 2. The molecule has 0 bridgehead atoms. The van der Waals surface area contributed by atoms with Crippen molar-refractivity contribution in [1.29, 1.82) is 0 Å². The summed E-state index contributed by atoms with van der Waals surface area (Å²) in [5, 5.41) is 13.9. The van der Waals surface area contributed by atoms with Crippen molar-refractivity contribution in [1.82, 2.24) is 10.6 Å². The largest absolute Gasteiger partial charge is 0.497 e. The van der Waals surface area contributed by atoms with Gasteiger partial charge >= 0.3 is 12.0 Å². The Hall–Kier alpha value is -3.02. The third kappa shape index (κ3) is 6.18. The van der Waals surface area contributed by atoms with Gasteiger partial charge in [0, 0.05) is 19.5 Å². The first kappa shape index (κ1) is 18.3. The molecule has 0 atom stereocenters. The molecule has 2 aromatic carbocycles. The number of hydrogen-bond acceptors (Lipinski definition) is 3. The van der Waals surface area contributed by atoms with E-state index in [4.69, 9.17) is 9.84 Å². The van der Waals surface area contributed by atoms with Crippen LogP contribution in [-0.2, 0) is 11.3 Å². The summed E-state index contributed by atoms with van der Waals surface area (Å²) in [5.74, 6) is -0.0545. The van der Waals surface area contributed by atoms with Crippen molar-refractivity contribution < 1.29 is 19.4 Å². The van der Waals surface area contributed by atoms with Crippen molar-refractivity contribution >= 4 is 12.0 Å². The summed E-state index contributed by atoms with van der Waals surface area (Å²) in [6.07, 6.45) is 0.462. The zero-order valence-electron chi connectivity index (χ0n) is 14.1. The maximum atomic E-state index is 11.6. The van der Waals surface area contributed by atoms with Gasteiger partial charge in [-0.05, 0) is 35.2 Å². The number of rotatable bonds is 8. The third-order valence-corrected chi connectivity index (χ3v) is 3.66. The number of aliphatic carboxylic acids is 1. The lowest BCUT2D eigenvalue weighted by Crippen LogP contribution is -2.35. The van der Waals surface area contributed by atoms with Crippen LogP contribution in [0.25, 0.3) is 11.1 Å². The molecule has 6 nitrogen and oxygen atoms in total. The lowest BCUT2D eigenvalue weighted by Gasteiger charge is -2.09. The molecule has 0 aliphatic carbocycles. The van der Waals surface area contributed by atoms with E-state index >= 15 is 0 Å². The van der Waals surface area contributed by atoms with Gasteiger partial charge in [0.2, 0.25) is 0 Å². The maximum absolute atomic E-state index is 11.6. The predicted molar refractivity (Wildman–Crippen MR) is 95.5 cm³/mol. The van der Waals surface area contributed by atoms with E-state index in [1.54, 1.807) is 7.11 Å². The van der Waals surface area contributed by atoms with Crippen LogP contribution < -0.4 is 15.4 Å². The summed E-state index contributed by atoms with van der Waals surface area (Å²) >= 11 is 0. The van der Waals surface area contributed by atoms with Crippen LogP contribution in [0.4, 0.5) is 4.79 Å². The van der Waals surface area contributed by atoms with Crippen LogP contribution in [0.1, 0.15) is 18.4 Å². The number of amides is 2. The highest BCUT2D eigenvalue weighted by molar-refractivity contribution is 5.74. The summed E-state index contributed by atoms with van der Waals surface area (Å²) < 4.78 is 5.23. The minimum absolute atomic E-state index is 0.0476. The molecule has 0 aromatic heterocycles. The smallest absolute Gasteiger partial charge is 0.315 e. The molecule has 0 saturated carbocycles. The summed E-state index contributed by atoms with van der Waals surface area (Å²) in [4.78, 5) is 22.0. The molecule has 0 spiro atoms. The van der Waals surface area contributed by atoms with Gasteiger partial charge in [0.1, 0.15) is 5.75 Å². The van der Waals surface area contributed by atoms with E-state index in [0.717, 1.165) is 22.4 Å². The Kier molecular flexibility index (Phi) is 6.83. The lowest BCUT2D eigenvalue weighted by atomic mass is 10.0. The molecule has 3 N–H and O–H groups in total. The normalized spacial score (nSPS) is 10.1. The minimum Gasteiger partial charge on any atom is -0.497 e. The number of ether oxygens (including phenoxy) is 1. The second-order valence-corrected chi connectivity index (χ2v) is 5.54. The summed E-state index contributed by atoms with van der Waals surface area (Å²) in [6.45, 7) is 0.746. The van der Waals surface area contributed by atoms with Gasteiger partial charge in [0.05, 0.1) is 7.11 Å². The first-order valence-corrected chi connectivity index (χ1v) is 8.05. The molecule has 0 heterocycles. The summed E-state index contributed by atoms with van der Waals surface area (Å²) in [5.41, 5.74) is 3.11. The van der Waals surface area contributed by atoms with Crippen molar-refractivity contribution in [2.24, 2.45) is 0 Å². The first-order valence-electron chi connectivity index (χ1n) is 8.05. The average molecular weight is 342 g/mol. The van der Waals surface area contributed by atoms with Gasteiger partial charge in [-0.2, -0.15) is 0 Å². The number of benzene rings is 2. The quantitative estimate of drug-likeness (QED) is 0.644. The minimum atomic E-state index is -0.863. The lowest BCUT2D eigenvalue weighted by molar-refractivity contribution is -0.137. The number of carboxylic acids is 1. The number of urea groups is 1. The molecule has 0 aliphatic heterocycles. The van der Waals surface area contributed by atoms with E-state index in [1.165, 1.54) is 0 Å². The second kappa shape index (κ2) is 9.32. The summed E-state index contributed by atoms with van der Waals surface area (Å²) in [7, 11) is 1.64. The van der Waals surface area contributed by atoms with Gasteiger partial charge in [-0.15, -0.1) is 0 Å². The van der Waals surface area contributed by atoms with Crippen LogP contribution in [-0.4, -0.2) is 30.8 Å². The van der Waals surface area contributed by atoms with Crippen LogP contribution in [0.3, 0.4) is 0 Å². The van der Waals surface area contributed by atoms with Gasteiger partial charge in [-0.1, -0.05) is 36.4 Å². The maximum Gasteiger partial charge on any atom is 0.315 e. The monoisotopic (exact) mass is 342 g/mol. The molecule has 2 rings (SSSR count). The second-order valence-electron chi connectivity index (χ2n) is 5.54. The molecule has 0 fully saturated rings. The molecule has 2 amide bonds. The molecule has 0 aliphatic rings. The van der Waals surface area contributed by atoms with Crippen LogP contribution in [0, 0.1) is 0 Å². The Morgan fingerprint density at radius 3 is 2.48 bits per heavy atom. The molecular weight excluding hydrogens is 320 g/mol. The Morgan fingerprint density at radius 1 is 1.04 bits per heavy atom. The van der Waals surface area contributed by atoms with Crippen LogP contribution in [0.2, 0.25) is 0 Å². The van der Waals surface area contributed by atoms with Gasteiger partial charge in [-0.25, -0.2) is 4.79 Å². The van der Waals surface area contributed by atoms with E-state index in [2.05, 4.69) is 10.6 Å². The van der Waals surface area contributed by atoms with Gasteiger partial charge in [0.15, 0.2) is 0 Å². The van der Waals surface area contributed by atoms with Gasteiger partial charge < -0.3 is 20.5 Å². The zero-order valence-corrected chi connectivity index (χ0v) is 14.1. The van der Waals surface area contributed by atoms with E-state index < -0.39 is 5.97 Å². The van der Waals surface area contributed by atoms with E-state index in [1.807, 2.05) is 48.5 Å². The Balaban J connectivity index is 1.82. The Labute approximate surface area is 146 Å². The average Bonchev–Trinajstić information content (AvgIpc) is 2.64. The molecular formula is C19H22N2O4. The highest BCUT2D eigenvalue weighted by Crippen LogP contribution is 2.23. The summed E-state index contributed by atoms with van der Waals surface area (Å²) in [6, 6.07) is 15.4. The fourth-order valence-corrected chi connectivity index (χ4v) is 2.30. The van der Waals surface area contributed by atoms with Crippen molar-refractivity contribution in [3.63, 3.8) is 0 Å². The molecule has 2 aromatic rings. The van der Waals surface area contributed by atoms with Crippen LogP contribution in [0.5, 0.6) is 5.75 Å². The molecule has 25 heavy (non-hydrogen) atoms. The molecule has 0 unspecified atom stereocenters. The van der Waals surface area contributed by atoms with Crippen molar-refractivity contribution in [2.45, 2.75) is 19.4 Å². The van der Waals surface area contributed by atoms with Crippen LogP contribution in [0.15, 0.2) is 48.5 Å². The number of methoxy groups -OCH3 is 1. The fourth-order valence-electron chi connectivity index (χ4n) is 2.30. The molecule has 6 heteroatoms. The number of hydrogen-bond donors (Lipinski definition) is 3. The SMILES string of the molecule is COc1cccc(-c2ccc(CNC(=O)NCCCC(=O)O)cc2)c1. The number of nitrogens with one attached hydrogen (secondary N) is 2. The fraction of sp³-hybridized carbons (Fsp3) is 0.263. The highest BCUT2D eigenvalue weighted by Gasteiger charge is 2.03. The number of carbonyl (C=O) groups excluding carboxylic acids is 1. The first-order chi connectivity index (χ1) is 12.1. The molecule has 132 valence electrons. The van der Waals surface area contributed by atoms with Gasteiger partial charge in [0.25, 0.3) is 0 Å². The van der Waals surface area contributed by atoms with Gasteiger partial charge in [-0.3, -0.25) is 4.79 Å². The topological polar surface area (TPSA) is 87.7 Å². The predicted octanol–water partition coefficient (Wildman–Crippen LogP) is 3.03. The van der Waals surface area contributed by atoms with Crippen LogP contribution >= 0.6 is 0 Å². The number of carboxylic acid groups (broad SMARTS) is 1. The Bertz CT molecular complexity index is 714. The standard InChI is InChI=1S/C19H22N2O4/c1-25-17-5-2-4-16(12-17)15-9-7-14(8-10-15)13-21-19(24)20-11-3-6-18(22)23/h2,4-5,7-10,12H,3,6,11,13H2,1H3,(H,22,23)(H2,20,21,24). The van der Waals surface area contributed by atoms with Crippen molar-refractivity contribution in [2.75, 3.05) is 13.7 Å². The molecule has 0 radical (unpaired) electrons. The molecule has 0 saturated heterocycles. The zero-order chi connectivity index (χ0) is 18.1. The highest BCUT2D eigenvalue weighted by atomic mass is 16.5. The Morgan fingerprint density at radius 2 is 1.80 bits per heavy atom. The van der Waals surface area contributed by atoms with E-state index in [9.17, 15) is 9.59 Å². The third-order valence-electron chi connectivity index (χ3n) is 3.66.